The maximum absolute atomic E-state index is 3.48. The molecule has 0 amide bonds. The smallest absolute Gasteiger partial charge is 0.00182 e. The first-order valence-corrected chi connectivity index (χ1v) is 8.45. The molecular formula is C17H29N. The van der Waals surface area contributed by atoms with Crippen molar-refractivity contribution in [3.8, 4) is 0 Å². The number of hydrogen-bond acceptors (Lipinski definition) is 1. The van der Waals surface area contributed by atoms with Crippen LogP contribution in [0.25, 0.3) is 0 Å². The van der Waals surface area contributed by atoms with E-state index < -0.39 is 0 Å². The second-order valence-electron chi connectivity index (χ2n) is 8.04. The molecule has 0 heterocycles. The lowest BCUT2D eigenvalue weighted by molar-refractivity contribution is -0.120. The Morgan fingerprint density at radius 2 is 1.67 bits per heavy atom. The highest BCUT2D eigenvalue weighted by Gasteiger charge is 2.57. The van der Waals surface area contributed by atoms with Gasteiger partial charge in [0.25, 0.3) is 0 Å². The van der Waals surface area contributed by atoms with Crippen LogP contribution in [0.15, 0.2) is 0 Å². The first-order chi connectivity index (χ1) is 8.81. The van der Waals surface area contributed by atoms with Gasteiger partial charge in [-0.15, -0.1) is 0 Å². The maximum atomic E-state index is 3.48. The van der Waals surface area contributed by atoms with E-state index in [-0.39, 0.29) is 0 Å². The lowest BCUT2D eigenvalue weighted by atomic mass is 9.43. The minimum Gasteiger partial charge on any atom is -0.319 e. The summed E-state index contributed by atoms with van der Waals surface area (Å²) in [6, 6.07) is 0. The van der Waals surface area contributed by atoms with Gasteiger partial charge in [0, 0.05) is 0 Å². The van der Waals surface area contributed by atoms with Crippen LogP contribution in [0.4, 0.5) is 0 Å². The molecule has 5 saturated carbocycles. The van der Waals surface area contributed by atoms with E-state index in [4.69, 9.17) is 0 Å². The van der Waals surface area contributed by atoms with Crippen molar-refractivity contribution in [2.24, 2.45) is 35.0 Å². The predicted octanol–water partition coefficient (Wildman–Crippen LogP) is 3.84. The third-order valence-electron chi connectivity index (χ3n) is 7.18. The van der Waals surface area contributed by atoms with Crippen molar-refractivity contribution in [1.82, 2.24) is 5.32 Å². The van der Waals surface area contributed by atoms with Gasteiger partial charge in [0.05, 0.1) is 0 Å². The molecule has 1 nitrogen and oxygen atoms in total. The third-order valence-corrected chi connectivity index (χ3v) is 7.18. The van der Waals surface area contributed by atoms with Gasteiger partial charge in [-0.05, 0) is 93.5 Å². The first-order valence-electron chi connectivity index (χ1n) is 8.45. The van der Waals surface area contributed by atoms with E-state index in [1.165, 1.54) is 19.4 Å². The van der Waals surface area contributed by atoms with Gasteiger partial charge in [-0.3, -0.25) is 0 Å². The fraction of sp³-hybridized carbons (Fsp3) is 1.00. The van der Waals surface area contributed by atoms with Crippen molar-refractivity contribution < 1.29 is 0 Å². The SMILES string of the molecule is CNCC1C2CC3CC1CC(C1CCCC1)(C3)C2. The largest absolute Gasteiger partial charge is 0.319 e. The zero-order valence-electron chi connectivity index (χ0n) is 12.0. The zero-order chi connectivity index (χ0) is 12.2. The van der Waals surface area contributed by atoms with Crippen LogP contribution in [-0.2, 0) is 0 Å². The Balaban J connectivity index is 1.58. The minimum atomic E-state index is 0.831. The lowest BCUT2D eigenvalue weighted by Crippen LogP contribution is -2.55. The van der Waals surface area contributed by atoms with Crippen molar-refractivity contribution >= 4 is 0 Å². The summed E-state index contributed by atoms with van der Waals surface area (Å²) in [4.78, 5) is 0. The summed E-state index contributed by atoms with van der Waals surface area (Å²) in [6.45, 7) is 1.29. The standard InChI is InChI=1S/C17H29N/c1-18-11-16-13-6-12-7-14(16)10-17(8-12,9-13)15-4-2-3-5-15/h12-16,18H,2-11H2,1H3. The molecule has 18 heavy (non-hydrogen) atoms. The fourth-order valence-electron chi connectivity index (χ4n) is 6.80. The molecule has 0 aromatic rings. The summed E-state index contributed by atoms with van der Waals surface area (Å²) in [5, 5.41) is 3.48. The van der Waals surface area contributed by atoms with E-state index in [1.807, 2.05) is 0 Å². The van der Waals surface area contributed by atoms with Crippen LogP contribution in [0.1, 0.15) is 57.8 Å². The van der Waals surface area contributed by atoms with E-state index in [0.29, 0.717) is 0 Å². The highest BCUT2D eigenvalue weighted by atomic mass is 14.8. The fourth-order valence-corrected chi connectivity index (χ4v) is 6.80. The summed E-state index contributed by atoms with van der Waals surface area (Å²) in [5.74, 6) is 5.45. The highest BCUT2D eigenvalue weighted by molar-refractivity contribution is 5.07. The molecule has 1 heteroatoms. The number of nitrogens with one attached hydrogen (secondary N) is 1. The van der Waals surface area contributed by atoms with Crippen LogP contribution in [0.3, 0.4) is 0 Å². The van der Waals surface area contributed by atoms with Crippen molar-refractivity contribution in [3.05, 3.63) is 0 Å². The van der Waals surface area contributed by atoms with Gasteiger partial charge in [0.1, 0.15) is 0 Å². The summed E-state index contributed by atoms with van der Waals surface area (Å²) < 4.78 is 0. The van der Waals surface area contributed by atoms with Crippen molar-refractivity contribution in [3.63, 3.8) is 0 Å². The van der Waals surface area contributed by atoms with Crippen LogP contribution in [0, 0.1) is 35.0 Å². The summed E-state index contributed by atoms with van der Waals surface area (Å²) in [6.07, 6.45) is 14.2. The Hall–Kier alpha value is -0.0400. The van der Waals surface area contributed by atoms with Crippen LogP contribution in [0.5, 0.6) is 0 Å². The first kappa shape index (κ1) is 11.8. The topological polar surface area (TPSA) is 12.0 Å². The van der Waals surface area contributed by atoms with E-state index in [2.05, 4.69) is 12.4 Å². The molecule has 0 saturated heterocycles. The molecule has 5 fully saturated rings. The normalized spacial score (nSPS) is 51.2. The van der Waals surface area contributed by atoms with Crippen molar-refractivity contribution in [1.29, 1.82) is 0 Å². The van der Waals surface area contributed by atoms with Gasteiger partial charge >= 0.3 is 0 Å². The van der Waals surface area contributed by atoms with Gasteiger partial charge < -0.3 is 5.32 Å². The van der Waals surface area contributed by atoms with Gasteiger partial charge in [-0.2, -0.15) is 0 Å². The Morgan fingerprint density at radius 1 is 1.00 bits per heavy atom. The third kappa shape index (κ3) is 1.62. The zero-order valence-corrected chi connectivity index (χ0v) is 12.0. The maximum Gasteiger partial charge on any atom is -0.00182 e. The number of rotatable bonds is 3. The molecule has 0 aliphatic heterocycles. The summed E-state index contributed by atoms with van der Waals surface area (Å²) >= 11 is 0. The molecule has 0 aromatic heterocycles. The molecule has 0 aromatic carbocycles. The molecule has 0 spiro atoms. The van der Waals surface area contributed by atoms with Crippen LogP contribution < -0.4 is 5.32 Å². The lowest BCUT2D eigenvalue weighted by Gasteiger charge is -2.62. The molecule has 1 N–H and O–H groups in total. The van der Waals surface area contributed by atoms with Gasteiger partial charge in [-0.1, -0.05) is 12.8 Å². The van der Waals surface area contributed by atoms with Crippen LogP contribution in [-0.4, -0.2) is 13.6 Å². The van der Waals surface area contributed by atoms with E-state index in [0.717, 1.165) is 35.0 Å². The molecule has 5 aliphatic rings. The van der Waals surface area contributed by atoms with E-state index in [9.17, 15) is 0 Å². The molecular weight excluding hydrogens is 218 g/mol. The minimum absolute atomic E-state index is 0.831. The monoisotopic (exact) mass is 247 g/mol. The molecule has 5 rings (SSSR count). The van der Waals surface area contributed by atoms with Gasteiger partial charge in [0.15, 0.2) is 0 Å². The predicted molar refractivity (Wildman–Crippen MR) is 75.4 cm³/mol. The van der Waals surface area contributed by atoms with Crippen LogP contribution in [0.2, 0.25) is 0 Å². The van der Waals surface area contributed by atoms with Gasteiger partial charge in [0.2, 0.25) is 0 Å². The Kier molecular flexibility index (Phi) is 2.76. The number of hydrogen-bond donors (Lipinski definition) is 1. The Bertz CT molecular complexity index is 302. The van der Waals surface area contributed by atoms with Gasteiger partial charge in [-0.25, -0.2) is 0 Å². The quantitative estimate of drug-likeness (QED) is 0.799. The average molecular weight is 247 g/mol. The molecule has 102 valence electrons. The molecule has 2 atom stereocenters. The molecule has 2 unspecified atom stereocenters. The van der Waals surface area contributed by atoms with E-state index >= 15 is 0 Å². The Morgan fingerprint density at radius 3 is 2.28 bits per heavy atom. The van der Waals surface area contributed by atoms with Crippen LogP contribution >= 0.6 is 0 Å². The van der Waals surface area contributed by atoms with E-state index in [1.54, 1.807) is 44.9 Å². The molecule has 0 radical (unpaired) electrons. The second kappa shape index (κ2) is 4.23. The van der Waals surface area contributed by atoms with Crippen molar-refractivity contribution in [2.75, 3.05) is 13.6 Å². The molecule has 5 aliphatic carbocycles. The summed E-state index contributed by atoms with van der Waals surface area (Å²) in [5.41, 5.74) is 0.831. The highest BCUT2D eigenvalue weighted by Crippen LogP contribution is 2.66. The Labute approximate surface area is 112 Å². The van der Waals surface area contributed by atoms with Crippen molar-refractivity contribution in [2.45, 2.75) is 57.8 Å². The summed E-state index contributed by atoms with van der Waals surface area (Å²) in [7, 11) is 2.15. The average Bonchev–Trinajstić information content (AvgIpc) is 2.87. The second-order valence-corrected chi connectivity index (χ2v) is 8.04. The molecule has 4 bridgehead atoms.